The van der Waals surface area contributed by atoms with E-state index in [2.05, 4.69) is 264 Å². The Hall–Kier alpha value is -10.2. The molecule has 7 nitrogen and oxygen atoms in total. The number of hydrogen-bond acceptors (Lipinski definition) is 5. The molecule has 0 fully saturated rings. The molecule has 16 rings (SSSR count). The molecule has 0 N–H and O–H groups in total. The van der Waals surface area contributed by atoms with Gasteiger partial charge in [-0.15, -0.1) is 0 Å². The van der Waals surface area contributed by atoms with E-state index in [4.69, 9.17) is 18.8 Å². The molecule has 1 atom stereocenters. The smallest absolute Gasteiger partial charge is 0.159 e. The number of aromatic nitrogens is 2. The number of aliphatic imine (C=N–C) groups is 2. The maximum atomic E-state index is 6.75. The maximum absolute atomic E-state index is 6.75. The van der Waals surface area contributed by atoms with Gasteiger partial charge in [0.15, 0.2) is 5.84 Å². The summed E-state index contributed by atoms with van der Waals surface area (Å²) in [5, 5.41) is 9.03. The van der Waals surface area contributed by atoms with Gasteiger partial charge in [0.2, 0.25) is 0 Å². The average Bonchev–Trinajstić information content (AvgIpc) is 4.42. The van der Waals surface area contributed by atoms with Gasteiger partial charge in [0.25, 0.3) is 0 Å². The lowest BCUT2D eigenvalue weighted by Gasteiger charge is -2.33. The zero-order valence-corrected chi connectivity index (χ0v) is 41.8. The quantitative estimate of drug-likeness (QED) is 0.160. The maximum Gasteiger partial charge on any atom is 0.159 e. The van der Waals surface area contributed by atoms with Crippen LogP contribution < -0.4 is 0 Å². The van der Waals surface area contributed by atoms with Crippen LogP contribution in [0, 0.1) is 0 Å². The van der Waals surface area contributed by atoms with Gasteiger partial charge in [0, 0.05) is 72.6 Å². The molecule has 4 aromatic heterocycles. The summed E-state index contributed by atoms with van der Waals surface area (Å²) in [6.45, 7) is 0. The molecule has 77 heavy (non-hydrogen) atoms. The van der Waals surface area contributed by atoms with E-state index in [1.165, 1.54) is 21.5 Å². The van der Waals surface area contributed by atoms with Gasteiger partial charge in [-0.2, -0.15) is 0 Å². The first kappa shape index (κ1) is 43.2. The van der Waals surface area contributed by atoms with E-state index < -0.39 is 0 Å². The third-order valence-electron chi connectivity index (χ3n) is 15.8. The number of hydrogen-bond donors (Lipinski definition) is 0. The molecule has 11 aromatic carbocycles. The minimum atomic E-state index is -0.333. The molecule has 0 bridgehead atoms. The molecule has 1 unspecified atom stereocenters. The van der Waals surface area contributed by atoms with Crippen molar-refractivity contribution in [3.8, 4) is 33.6 Å². The monoisotopic (exact) mass is 987 g/mol. The van der Waals surface area contributed by atoms with Crippen molar-refractivity contribution in [2.24, 2.45) is 9.98 Å². The van der Waals surface area contributed by atoms with Gasteiger partial charge in [-0.3, -0.25) is 0 Å². The summed E-state index contributed by atoms with van der Waals surface area (Å²) in [5.74, 6) is 1.50. The highest BCUT2D eigenvalue weighted by Gasteiger charge is 2.30. The van der Waals surface area contributed by atoms with Crippen LogP contribution in [0.5, 0.6) is 0 Å². The first-order valence-electron chi connectivity index (χ1n) is 26.1. The molecule has 5 heterocycles. The van der Waals surface area contributed by atoms with E-state index in [0.29, 0.717) is 5.84 Å². The summed E-state index contributed by atoms with van der Waals surface area (Å²) in [6.07, 6.45) is -0.333. The first-order chi connectivity index (χ1) is 38.1. The number of rotatable bonds is 7. The summed E-state index contributed by atoms with van der Waals surface area (Å²) in [4.78, 5) is 13.1. The number of amidine groups is 2. The molecule has 15 aromatic rings. The van der Waals surface area contributed by atoms with Gasteiger partial charge in [-0.05, 0) is 119 Å². The molecule has 362 valence electrons. The van der Waals surface area contributed by atoms with Crippen LogP contribution in [0.15, 0.2) is 268 Å². The highest BCUT2D eigenvalue weighted by molar-refractivity contribution is 6.29. The summed E-state index contributed by atoms with van der Waals surface area (Å²) >= 11 is 0. The summed E-state index contributed by atoms with van der Waals surface area (Å²) < 4.78 is 18.2. The van der Waals surface area contributed by atoms with Gasteiger partial charge in [0.1, 0.15) is 34.3 Å². The van der Waals surface area contributed by atoms with Crippen LogP contribution in [0.3, 0.4) is 0 Å². The summed E-state index contributed by atoms with van der Waals surface area (Å²) in [5.41, 5.74) is 17.4. The van der Waals surface area contributed by atoms with Crippen molar-refractivity contribution in [1.82, 2.24) is 14.0 Å². The largest absolute Gasteiger partial charge is 0.456 e. The van der Waals surface area contributed by atoms with Crippen LogP contribution >= 0.6 is 0 Å². The van der Waals surface area contributed by atoms with Crippen molar-refractivity contribution in [3.63, 3.8) is 0 Å². The molecular weight excluding hydrogens is 943 g/mol. The van der Waals surface area contributed by atoms with Crippen molar-refractivity contribution < 1.29 is 8.83 Å². The lowest BCUT2D eigenvalue weighted by atomic mass is 9.92. The van der Waals surface area contributed by atoms with Crippen LogP contribution in [0.2, 0.25) is 0 Å². The average molecular weight is 988 g/mol. The lowest BCUT2D eigenvalue weighted by Crippen LogP contribution is -2.36. The van der Waals surface area contributed by atoms with Crippen LogP contribution in [0.4, 0.5) is 0 Å². The van der Waals surface area contributed by atoms with Crippen molar-refractivity contribution in [2.75, 3.05) is 7.05 Å². The normalized spacial score (nSPS) is 14.0. The van der Waals surface area contributed by atoms with Crippen molar-refractivity contribution in [3.05, 3.63) is 265 Å². The number of nitrogens with zero attached hydrogens (tertiary/aromatic N) is 5. The standard InChI is InChI=1S/C70H45N5O2/c1-73-69(44-20-8-3-9-21-44)71-68(43-18-6-2-7-19-43)72-70(73)53-40-45(46-31-36-60-54(41-46)66-62(76-60)38-34-58-64(66)51-26-14-16-28-56(51)74(58)48-22-10-4-11-23-48)30-33-50(53)47-32-37-61-55(42-47)67-63(77-61)39-35-59-65(67)52-27-15-17-29-57(52)75(59)49-24-12-5-13-25-49/h2-42,69H,1H3. The Kier molecular flexibility index (Phi) is 9.48. The Morgan fingerprint density at radius 1 is 0.351 bits per heavy atom. The Bertz CT molecular complexity index is 4930. The summed E-state index contributed by atoms with van der Waals surface area (Å²) in [7, 11) is 2.12. The SMILES string of the molecule is CN1C(c2cc(-c3ccc4oc5ccc6c(c7ccccc7n6-c6ccccc6)c5c4c3)ccc2-c2ccc3oc4ccc5c(c6ccccc6n5-c5ccccc5)c4c3c2)=NC(c2ccccc2)=NC1c1ccccc1. The third-order valence-corrected chi connectivity index (χ3v) is 15.8. The fraction of sp³-hybridized carbons (Fsp3) is 0.0286. The number of fused-ring (bicyclic) bond motifs is 14. The van der Waals surface area contributed by atoms with E-state index in [0.717, 1.165) is 122 Å². The topological polar surface area (TPSA) is 64.1 Å². The second-order valence-corrected chi connectivity index (χ2v) is 20.1. The fourth-order valence-corrected chi connectivity index (χ4v) is 12.3. The number of benzene rings is 11. The van der Waals surface area contributed by atoms with Crippen LogP contribution in [-0.2, 0) is 0 Å². The fourth-order valence-electron chi connectivity index (χ4n) is 12.3. The van der Waals surface area contributed by atoms with E-state index in [-0.39, 0.29) is 6.17 Å². The van der Waals surface area contributed by atoms with E-state index >= 15 is 0 Å². The molecule has 0 aliphatic carbocycles. The summed E-state index contributed by atoms with van der Waals surface area (Å²) in [6, 6.07) is 88.3. The van der Waals surface area contributed by atoms with Gasteiger partial charge >= 0.3 is 0 Å². The van der Waals surface area contributed by atoms with Crippen LogP contribution in [0.1, 0.15) is 22.9 Å². The van der Waals surface area contributed by atoms with Gasteiger partial charge in [0.05, 0.1) is 22.1 Å². The predicted octanol–water partition coefficient (Wildman–Crippen LogP) is 17.9. The molecule has 0 saturated carbocycles. The first-order valence-corrected chi connectivity index (χ1v) is 26.1. The minimum absolute atomic E-state index is 0.333. The molecule has 0 saturated heterocycles. The van der Waals surface area contributed by atoms with Gasteiger partial charge in [-0.1, -0.05) is 158 Å². The molecule has 0 radical (unpaired) electrons. The highest BCUT2D eigenvalue weighted by atomic mass is 16.3. The second kappa shape index (κ2) is 16.9. The van der Waals surface area contributed by atoms with E-state index in [9.17, 15) is 0 Å². The highest BCUT2D eigenvalue weighted by Crippen LogP contribution is 2.45. The third kappa shape index (κ3) is 6.63. The number of para-hydroxylation sites is 4. The zero-order valence-electron chi connectivity index (χ0n) is 41.8. The van der Waals surface area contributed by atoms with Crippen LogP contribution in [0.25, 0.3) is 121 Å². The van der Waals surface area contributed by atoms with Crippen molar-refractivity contribution in [2.45, 2.75) is 6.17 Å². The lowest BCUT2D eigenvalue weighted by molar-refractivity contribution is 0.383. The Morgan fingerprint density at radius 2 is 0.818 bits per heavy atom. The van der Waals surface area contributed by atoms with Crippen molar-refractivity contribution >= 4 is 99.2 Å². The molecule has 1 aliphatic heterocycles. The van der Waals surface area contributed by atoms with E-state index in [1.54, 1.807) is 0 Å². The van der Waals surface area contributed by atoms with E-state index in [1.807, 2.05) is 6.07 Å². The van der Waals surface area contributed by atoms with Gasteiger partial charge < -0.3 is 22.9 Å². The number of furan rings is 2. The second-order valence-electron chi connectivity index (χ2n) is 20.1. The molecule has 7 heteroatoms. The Labute approximate surface area is 442 Å². The molecule has 0 spiro atoms. The minimum Gasteiger partial charge on any atom is -0.456 e. The van der Waals surface area contributed by atoms with Gasteiger partial charge in [-0.25, -0.2) is 9.98 Å². The Morgan fingerprint density at radius 3 is 1.40 bits per heavy atom. The molecule has 1 aliphatic rings. The molecule has 0 amide bonds. The predicted molar refractivity (Wildman–Crippen MR) is 317 cm³/mol. The Balaban J connectivity index is 0.932. The molecular formula is C70H45N5O2. The zero-order chi connectivity index (χ0) is 50.7. The van der Waals surface area contributed by atoms with Crippen LogP contribution in [-0.4, -0.2) is 32.8 Å². The van der Waals surface area contributed by atoms with Crippen molar-refractivity contribution in [1.29, 1.82) is 0 Å².